The Balaban J connectivity index is 2.68. The van der Waals surface area contributed by atoms with E-state index < -0.39 is 11.9 Å². The van der Waals surface area contributed by atoms with E-state index in [2.05, 4.69) is 18.8 Å². The van der Waals surface area contributed by atoms with Crippen LogP contribution in [0.1, 0.15) is 93.6 Å². The first-order valence-electron chi connectivity index (χ1n) is 8.97. The number of halogens is 3. The Morgan fingerprint density at radius 3 is 2.00 bits per heavy atom. The molecule has 1 aromatic heterocycles. The maximum atomic E-state index is 12.7. The van der Waals surface area contributed by atoms with Gasteiger partial charge in [0, 0.05) is 11.3 Å². The number of nitrogens with zero attached hydrogens (tertiary/aromatic N) is 1. The van der Waals surface area contributed by atoms with Crippen molar-refractivity contribution in [1.29, 1.82) is 0 Å². The van der Waals surface area contributed by atoms with Gasteiger partial charge in [-0.1, -0.05) is 65.2 Å². The molecular formula is C18H28F3NOS. The predicted octanol–water partition coefficient (Wildman–Crippen LogP) is 6.90. The molecule has 2 nitrogen and oxygen atoms in total. The number of Topliss-reactive ketones (excluding diaryl/α,β-unsaturated/α-hetero) is 1. The van der Waals surface area contributed by atoms with Gasteiger partial charge in [-0.3, -0.25) is 4.79 Å². The van der Waals surface area contributed by atoms with Crippen molar-refractivity contribution >= 4 is 17.1 Å². The van der Waals surface area contributed by atoms with E-state index in [4.69, 9.17) is 0 Å². The molecule has 1 heterocycles. The van der Waals surface area contributed by atoms with Gasteiger partial charge in [-0.15, -0.1) is 11.3 Å². The molecule has 0 spiro atoms. The highest BCUT2D eigenvalue weighted by Crippen LogP contribution is 2.31. The summed E-state index contributed by atoms with van der Waals surface area (Å²) in [4.78, 5) is 16.1. The predicted molar refractivity (Wildman–Crippen MR) is 92.5 cm³/mol. The van der Waals surface area contributed by atoms with Gasteiger partial charge in [-0.05, 0) is 12.8 Å². The quantitative estimate of drug-likeness (QED) is 0.298. The minimum atomic E-state index is -4.48. The SMILES string of the molecule is CCCCCCC(CCCCCC)C(=O)c1nc(C(F)(F)F)cs1. The minimum absolute atomic E-state index is 0.0123. The maximum Gasteiger partial charge on any atom is 0.434 e. The molecule has 0 N–H and O–H groups in total. The second-order valence-corrected chi connectivity index (χ2v) is 7.15. The van der Waals surface area contributed by atoms with E-state index in [0.29, 0.717) is 0 Å². The molecule has 0 saturated carbocycles. The molecule has 0 aliphatic carbocycles. The van der Waals surface area contributed by atoms with E-state index in [-0.39, 0.29) is 16.7 Å². The summed E-state index contributed by atoms with van der Waals surface area (Å²) in [6, 6.07) is 0. The van der Waals surface area contributed by atoms with Crippen molar-refractivity contribution in [3.05, 3.63) is 16.1 Å². The van der Waals surface area contributed by atoms with Crippen molar-refractivity contribution in [2.45, 2.75) is 84.2 Å². The molecule has 0 fully saturated rings. The Morgan fingerprint density at radius 2 is 1.58 bits per heavy atom. The number of rotatable bonds is 12. The van der Waals surface area contributed by atoms with Crippen LogP contribution in [0.2, 0.25) is 0 Å². The second-order valence-electron chi connectivity index (χ2n) is 6.30. The lowest BCUT2D eigenvalue weighted by atomic mass is 9.91. The molecule has 6 heteroatoms. The summed E-state index contributed by atoms with van der Waals surface area (Å²) in [7, 11) is 0. The number of ketones is 1. The van der Waals surface area contributed by atoms with Crippen LogP contribution in [0, 0.1) is 5.92 Å². The third-order valence-corrected chi connectivity index (χ3v) is 5.05. The number of hydrogen-bond acceptors (Lipinski definition) is 3. The Bertz CT molecular complexity index is 473. The highest BCUT2D eigenvalue weighted by Gasteiger charge is 2.35. The molecule has 24 heavy (non-hydrogen) atoms. The third kappa shape index (κ3) is 7.32. The normalized spacial score (nSPS) is 12.1. The van der Waals surface area contributed by atoms with E-state index in [1.807, 2.05) is 0 Å². The van der Waals surface area contributed by atoms with Crippen LogP contribution in [0.15, 0.2) is 5.38 Å². The Labute approximate surface area is 146 Å². The summed E-state index contributed by atoms with van der Waals surface area (Å²) in [5.41, 5.74) is -0.952. The van der Waals surface area contributed by atoms with Gasteiger partial charge >= 0.3 is 6.18 Å². The molecule has 0 aliphatic heterocycles. The van der Waals surface area contributed by atoms with Crippen molar-refractivity contribution in [3.8, 4) is 0 Å². The summed E-state index contributed by atoms with van der Waals surface area (Å²) in [5.74, 6) is -0.394. The van der Waals surface area contributed by atoms with Gasteiger partial charge in [0.05, 0.1) is 0 Å². The average Bonchev–Trinajstić information content (AvgIpc) is 3.03. The highest BCUT2D eigenvalue weighted by atomic mass is 32.1. The molecule has 0 unspecified atom stereocenters. The summed E-state index contributed by atoms with van der Waals surface area (Å²) < 4.78 is 38.0. The fourth-order valence-electron chi connectivity index (χ4n) is 2.73. The highest BCUT2D eigenvalue weighted by molar-refractivity contribution is 7.11. The number of unbranched alkanes of at least 4 members (excludes halogenated alkanes) is 6. The first kappa shape index (κ1) is 21.1. The second kappa shape index (κ2) is 10.9. The summed E-state index contributed by atoms with van der Waals surface area (Å²) in [5, 5.41) is 0.955. The van der Waals surface area contributed by atoms with Gasteiger partial charge in [-0.2, -0.15) is 13.2 Å². The number of aromatic nitrogens is 1. The molecule has 0 radical (unpaired) electrons. The zero-order chi connectivity index (χ0) is 18.0. The van der Waals surface area contributed by atoms with Crippen LogP contribution in [0.5, 0.6) is 0 Å². The van der Waals surface area contributed by atoms with E-state index in [1.54, 1.807) is 0 Å². The lowest BCUT2D eigenvalue weighted by Crippen LogP contribution is -2.16. The number of hydrogen-bond donors (Lipinski definition) is 0. The number of alkyl halides is 3. The van der Waals surface area contributed by atoms with Crippen LogP contribution in [-0.4, -0.2) is 10.8 Å². The van der Waals surface area contributed by atoms with Crippen molar-refractivity contribution in [1.82, 2.24) is 4.98 Å². The first-order valence-corrected chi connectivity index (χ1v) is 9.85. The van der Waals surface area contributed by atoms with E-state index in [9.17, 15) is 18.0 Å². The first-order chi connectivity index (χ1) is 11.4. The topological polar surface area (TPSA) is 30.0 Å². The molecule has 0 bridgehead atoms. The summed E-state index contributed by atoms with van der Waals surface area (Å²) >= 11 is 0.820. The Kier molecular flexibility index (Phi) is 9.56. The van der Waals surface area contributed by atoms with Crippen LogP contribution in [-0.2, 0) is 6.18 Å². The zero-order valence-electron chi connectivity index (χ0n) is 14.6. The third-order valence-electron chi connectivity index (χ3n) is 4.19. The lowest BCUT2D eigenvalue weighted by molar-refractivity contribution is -0.140. The Morgan fingerprint density at radius 1 is 1.04 bits per heavy atom. The lowest BCUT2D eigenvalue weighted by Gasteiger charge is -2.14. The number of carbonyl (C=O) groups is 1. The van der Waals surface area contributed by atoms with E-state index in [1.165, 1.54) is 0 Å². The fourth-order valence-corrected chi connectivity index (χ4v) is 3.58. The van der Waals surface area contributed by atoms with Crippen molar-refractivity contribution < 1.29 is 18.0 Å². The molecule has 0 saturated heterocycles. The van der Waals surface area contributed by atoms with Crippen LogP contribution < -0.4 is 0 Å². The fraction of sp³-hybridized carbons (Fsp3) is 0.778. The molecule has 1 rings (SSSR count). The van der Waals surface area contributed by atoms with Crippen LogP contribution in [0.3, 0.4) is 0 Å². The van der Waals surface area contributed by atoms with Gasteiger partial charge in [0.25, 0.3) is 0 Å². The molecule has 138 valence electrons. The number of thiazole rings is 1. The zero-order valence-corrected chi connectivity index (χ0v) is 15.4. The van der Waals surface area contributed by atoms with Crippen LogP contribution >= 0.6 is 11.3 Å². The van der Waals surface area contributed by atoms with Gasteiger partial charge in [0.2, 0.25) is 0 Å². The Hall–Kier alpha value is -0.910. The van der Waals surface area contributed by atoms with Crippen molar-refractivity contribution in [2.75, 3.05) is 0 Å². The molecule has 0 amide bonds. The number of carbonyl (C=O) groups excluding carboxylic acids is 1. The van der Waals surface area contributed by atoms with Crippen molar-refractivity contribution in [3.63, 3.8) is 0 Å². The van der Waals surface area contributed by atoms with E-state index in [0.717, 1.165) is 80.9 Å². The average molecular weight is 363 g/mol. The van der Waals surface area contributed by atoms with Crippen molar-refractivity contribution in [2.24, 2.45) is 5.92 Å². The van der Waals surface area contributed by atoms with Crippen LogP contribution in [0.4, 0.5) is 13.2 Å². The van der Waals surface area contributed by atoms with Gasteiger partial charge in [-0.25, -0.2) is 4.98 Å². The standard InChI is InChI=1S/C18H28F3NOS/c1-3-5-7-9-11-14(12-10-8-6-4-2)16(23)17-22-15(13-24-17)18(19,20)21/h13-14H,3-12H2,1-2H3. The van der Waals surface area contributed by atoms with Crippen LogP contribution in [0.25, 0.3) is 0 Å². The van der Waals surface area contributed by atoms with Gasteiger partial charge < -0.3 is 0 Å². The van der Waals surface area contributed by atoms with Gasteiger partial charge in [0.15, 0.2) is 16.5 Å². The largest absolute Gasteiger partial charge is 0.434 e. The molecule has 0 aliphatic rings. The maximum absolute atomic E-state index is 12.7. The summed E-state index contributed by atoms with van der Waals surface area (Å²) in [6.45, 7) is 4.25. The summed E-state index contributed by atoms with van der Waals surface area (Å²) in [6.07, 6.45) is 5.59. The molecule has 1 aromatic rings. The molecule has 0 atom stereocenters. The smallest absolute Gasteiger partial charge is 0.291 e. The molecule has 0 aromatic carbocycles. The minimum Gasteiger partial charge on any atom is -0.291 e. The van der Waals surface area contributed by atoms with E-state index >= 15 is 0 Å². The van der Waals surface area contributed by atoms with Gasteiger partial charge in [0.1, 0.15) is 0 Å². The monoisotopic (exact) mass is 363 g/mol. The molecular weight excluding hydrogens is 335 g/mol.